The van der Waals surface area contributed by atoms with Crippen LogP contribution in [0.25, 0.3) is 0 Å². The summed E-state index contributed by atoms with van der Waals surface area (Å²) >= 11 is 0. The van der Waals surface area contributed by atoms with Crippen molar-refractivity contribution in [1.82, 2.24) is 0 Å². The van der Waals surface area contributed by atoms with Crippen molar-refractivity contribution in [2.75, 3.05) is 0 Å². The van der Waals surface area contributed by atoms with Crippen LogP contribution < -0.4 is 10.5 Å². The number of ether oxygens (including phenoxy) is 1. The first-order chi connectivity index (χ1) is 7.58. The predicted octanol–water partition coefficient (Wildman–Crippen LogP) is 3.41. The van der Waals surface area contributed by atoms with Crippen molar-refractivity contribution in [3.05, 3.63) is 29.6 Å². The lowest BCUT2D eigenvalue weighted by molar-refractivity contribution is 0.192. The number of hydrogen-bond donors (Lipinski definition) is 1. The van der Waals surface area contributed by atoms with E-state index in [2.05, 4.69) is 13.8 Å². The molecule has 0 amide bonds. The van der Waals surface area contributed by atoms with Gasteiger partial charge >= 0.3 is 0 Å². The van der Waals surface area contributed by atoms with Gasteiger partial charge in [0.05, 0.1) is 6.10 Å². The Morgan fingerprint density at radius 3 is 2.38 bits per heavy atom. The predicted molar refractivity (Wildman–Crippen MR) is 64.0 cm³/mol. The van der Waals surface area contributed by atoms with Gasteiger partial charge in [-0.2, -0.15) is 0 Å². The van der Waals surface area contributed by atoms with E-state index in [-0.39, 0.29) is 18.0 Å². The normalized spacial score (nSPS) is 12.9. The molecular formula is C13H20FNO. The van der Waals surface area contributed by atoms with Crippen molar-refractivity contribution in [3.63, 3.8) is 0 Å². The van der Waals surface area contributed by atoms with Crippen molar-refractivity contribution in [3.8, 4) is 5.75 Å². The van der Waals surface area contributed by atoms with Gasteiger partial charge in [-0.3, -0.25) is 0 Å². The number of halogens is 1. The van der Waals surface area contributed by atoms with Crippen LogP contribution in [-0.2, 0) is 0 Å². The first kappa shape index (κ1) is 13.0. The molecular weight excluding hydrogens is 205 g/mol. The monoisotopic (exact) mass is 225 g/mol. The van der Waals surface area contributed by atoms with Crippen LogP contribution >= 0.6 is 0 Å². The molecule has 0 aliphatic rings. The lowest BCUT2D eigenvalue weighted by Gasteiger charge is -2.16. The van der Waals surface area contributed by atoms with Crippen molar-refractivity contribution in [2.24, 2.45) is 5.73 Å². The Morgan fingerprint density at radius 2 is 1.94 bits per heavy atom. The Labute approximate surface area is 96.6 Å². The summed E-state index contributed by atoms with van der Waals surface area (Å²) in [7, 11) is 0. The van der Waals surface area contributed by atoms with Crippen molar-refractivity contribution in [2.45, 2.75) is 45.8 Å². The third-order valence-electron chi connectivity index (χ3n) is 2.68. The summed E-state index contributed by atoms with van der Waals surface area (Å²) < 4.78 is 19.2. The molecule has 0 bridgehead atoms. The highest BCUT2D eigenvalue weighted by Gasteiger charge is 2.10. The van der Waals surface area contributed by atoms with Crippen LogP contribution in [0.4, 0.5) is 4.39 Å². The largest absolute Gasteiger partial charge is 0.490 e. The van der Waals surface area contributed by atoms with Crippen LogP contribution in [0.5, 0.6) is 5.75 Å². The summed E-state index contributed by atoms with van der Waals surface area (Å²) in [5.41, 5.74) is 6.16. The number of benzene rings is 1. The molecule has 0 aliphatic heterocycles. The van der Waals surface area contributed by atoms with E-state index >= 15 is 0 Å². The summed E-state index contributed by atoms with van der Waals surface area (Å²) in [5.74, 6) is 0.286. The Morgan fingerprint density at radius 1 is 1.31 bits per heavy atom. The Balaban J connectivity index is 2.80. The molecule has 0 fully saturated rings. The fourth-order valence-corrected chi connectivity index (χ4v) is 1.60. The average molecular weight is 225 g/mol. The highest BCUT2D eigenvalue weighted by Crippen LogP contribution is 2.22. The molecule has 1 atom stereocenters. The van der Waals surface area contributed by atoms with Gasteiger partial charge in [-0.05, 0) is 25.8 Å². The molecule has 0 heterocycles. The van der Waals surface area contributed by atoms with E-state index in [0.29, 0.717) is 11.3 Å². The minimum Gasteiger partial charge on any atom is -0.490 e. The minimum atomic E-state index is -0.293. The van der Waals surface area contributed by atoms with E-state index in [4.69, 9.17) is 10.5 Å². The second-order valence-corrected chi connectivity index (χ2v) is 4.03. The zero-order chi connectivity index (χ0) is 12.1. The smallest absolute Gasteiger partial charge is 0.131 e. The van der Waals surface area contributed by atoms with E-state index in [0.717, 1.165) is 12.8 Å². The molecule has 0 aromatic heterocycles. The van der Waals surface area contributed by atoms with Crippen LogP contribution in [0.3, 0.4) is 0 Å². The van der Waals surface area contributed by atoms with E-state index in [9.17, 15) is 4.39 Å². The van der Waals surface area contributed by atoms with Crippen LogP contribution in [-0.4, -0.2) is 6.10 Å². The molecule has 2 N–H and O–H groups in total. The molecule has 0 unspecified atom stereocenters. The lowest BCUT2D eigenvalue weighted by Crippen LogP contribution is -2.14. The molecule has 90 valence electrons. The van der Waals surface area contributed by atoms with Gasteiger partial charge in [-0.1, -0.05) is 19.9 Å². The molecule has 0 spiro atoms. The number of rotatable bonds is 5. The van der Waals surface area contributed by atoms with E-state index in [1.54, 1.807) is 19.1 Å². The van der Waals surface area contributed by atoms with Gasteiger partial charge < -0.3 is 10.5 Å². The fraction of sp³-hybridized carbons (Fsp3) is 0.538. The summed E-state index contributed by atoms with van der Waals surface area (Å²) in [6.07, 6.45) is 2.00. The van der Waals surface area contributed by atoms with Gasteiger partial charge in [0.15, 0.2) is 0 Å². The average Bonchev–Trinajstić information content (AvgIpc) is 2.25. The van der Waals surface area contributed by atoms with Gasteiger partial charge in [-0.15, -0.1) is 0 Å². The van der Waals surface area contributed by atoms with Gasteiger partial charge in [0, 0.05) is 17.7 Å². The maximum absolute atomic E-state index is 13.6. The zero-order valence-electron chi connectivity index (χ0n) is 10.2. The van der Waals surface area contributed by atoms with Crippen molar-refractivity contribution >= 4 is 0 Å². The molecule has 1 aromatic rings. The minimum absolute atomic E-state index is 0.153. The molecule has 0 saturated carbocycles. The molecule has 0 radical (unpaired) electrons. The molecule has 1 aromatic carbocycles. The van der Waals surface area contributed by atoms with E-state index in [1.807, 2.05) is 0 Å². The SMILES string of the molecule is CCC(CC)Oc1ccc([C@@H](C)N)c(F)c1. The quantitative estimate of drug-likeness (QED) is 0.833. The maximum Gasteiger partial charge on any atom is 0.131 e. The van der Waals surface area contributed by atoms with Gasteiger partial charge in [0.2, 0.25) is 0 Å². The lowest BCUT2D eigenvalue weighted by atomic mass is 10.1. The molecule has 0 saturated heterocycles. The molecule has 3 heteroatoms. The first-order valence-corrected chi connectivity index (χ1v) is 5.80. The van der Waals surface area contributed by atoms with Gasteiger partial charge in [-0.25, -0.2) is 4.39 Å². The number of hydrogen-bond acceptors (Lipinski definition) is 2. The van der Waals surface area contributed by atoms with Crippen LogP contribution in [0.15, 0.2) is 18.2 Å². The summed E-state index contributed by atoms with van der Waals surface area (Å²) in [6, 6.07) is 4.59. The topological polar surface area (TPSA) is 35.2 Å². The summed E-state index contributed by atoms with van der Waals surface area (Å²) in [6.45, 7) is 5.88. The van der Waals surface area contributed by atoms with E-state index < -0.39 is 0 Å². The van der Waals surface area contributed by atoms with Crippen molar-refractivity contribution in [1.29, 1.82) is 0 Å². The highest BCUT2D eigenvalue weighted by atomic mass is 19.1. The van der Waals surface area contributed by atoms with Crippen LogP contribution in [0.1, 0.15) is 45.2 Å². The van der Waals surface area contributed by atoms with Crippen molar-refractivity contribution < 1.29 is 9.13 Å². The highest BCUT2D eigenvalue weighted by molar-refractivity contribution is 5.30. The third kappa shape index (κ3) is 3.20. The number of nitrogens with two attached hydrogens (primary N) is 1. The second-order valence-electron chi connectivity index (χ2n) is 4.03. The Kier molecular flexibility index (Phi) is 4.74. The Hall–Kier alpha value is -1.09. The van der Waals surface area contributed by atoms with Gasteiger partial charge in [0.25, 0.3) is 0 Å². The van der Waals surface area contributed by atoms with Gasteiger partial charge in [0.1, 0.15) is 11.6 Å². The van der Waals surface area contributed by atoms with Crippen LogP contribution in [0, 0.1) is 5.82 Å². The maximum atomic E-state index is 13.6. The molecule has 0 aliphatic carbocycles. The first-order valence-electron chi connectivity index (χ1n) is 5.80. The molecule has 1 rings (SSSR count). The summed E-state index contributed by atoms with van der Waals surface area (Å²) in [4.78, 5) is 0. The van der Waals surface area contributed by atoms with Crippen LogP contribution in [0.2, 0.25) is 0 Å². The summed E-state index contributed by atoms with van der Waals surface area (Å²) in [5, 5.41) is 0. The van der Waals surface area contributed by atoms with E-state index in [1.165, 1.54) is 6.07 Å². The molecule has 2 nitrogen and oxygen atoms in total. The third-order valence-corrected chi connectivity index (χ3v) is 2.68. The standard InChI is InChI=1S/C13H20FNO/c1-4-10(5-2)16-11-6-7-12(9(3)15)13(14)8-11/h6-10H,4-5,15H2,1-3H3/t9-/m1/s1. The fourth-order valence-electron chi connectivity index (χ4n) is 1.60. The molecule has 16 heavy (non-hydrogen) atoms. The zero-order valence-corrected chi connectivity index (χ0v) is 10.2. The second kappa shape index (κ2) is 5.85. The Bertz CT molecular complexity index is 335.